The van der Waals surface area contributed by atoms with Gasteiger partial charge in [0, 0.05) is 51.2 Å². The van der Waals surface area contributed by atoms with Crippen LogP contribution in [0.5, 0.6) is 0 Å². The van der Waals surface area contributed by atoms with E-state index in [1.807, 2.05) is 0 Å². The molecule has 12 aromatic rings. The van der Waals surface area contributed by atoms with Crippen molar-refractivity contribution in [2.75, 3.05) is 14.7 Å². The first-order valence-electron chi connectivity index (χ1n) is 24.2. The van der Waals surface area contributed by atoms with Gasteiger partial charge in [0.15, 0.2) is 0 Å². The third-order valence-electron chi connectivity index (χ3n) is 13.4. The van der Waals surface area contributed by atoms with E-state index >= 15 is 0 Å². The first-order chi connectivity index (χ1) is 35.2. The van der Waals surface area contributed by atoms with Gasteiger partial charge in [-0.25, -0.2) is 0 Å². The smallest absolute Gasteiger partial charge is 0.0468 e. The van der Waals surface area contributed by atoms with Gasteiger partial charge in [0.1, 0.15) is 0 Å². The van der Waals surface area contributed by atoms with Crippen LogP contribution in [0, 0.1) is 0 Å². The maximum Gasteiger partial charge on any atom is 0.0468 e. The van der Waals surface area contributed by atoms with Gasteiger partial charge in [0.05, 0.1) is 0 Å². The highest BCUT2D eigenvalue weighted by atomic mass is 15.2. The summed E-state index contributed by atoms with van der Waals surface area (Å²) in [5, 5.41) is 4.74. The summed E-state index contributed by atoms with van der Waals surface area (Å²) >= 11 is 0. The van der Waals surface area contributed by atoms with Gasteiger partial charge in [0.25, 0.3) is 0 Å². The van der Waals surface area contributed by atoms with Gasteiger partial charge in [-0.3, -0.25) is 0 Å². The van der Waals surface area contributed by atoms with Crippen molar-refractivity contribution >= 4 is 72.7 Å². The van der Waals surface area contributed by atoms with Crippen molar-refractivity contribution in [2.45, 2.75) is 0 Å². The predicted molar refractivity (Wildman–Crippen MR) is 302 cm³/mol. The van der Waals surface area contributed by atoms with E-state index in [4.69, 9.17) is 0 Å². The minimum atomic E-state index is 1.09. The molecule has 3 heteroatoms. The molecule has 0 spiro atoms. The van der Waals surface area contributed by atoms with Gasteiger partial charge in [0.2, 0.25) is 0 Å². The van der Waals surface area contributed by atoms with Crippen LogP contribution >= 0.6 is 0 Å². The highest BCUT2D eigenvalue weighted by Gasteiger charge is 2.17. The zero-order valence-electron chi connectivity index (χ0n) is 39.1. The number of benzene rings is 12. The SMILES string of the molecule is c1ccc(-c2ccc(N(c3ccc4cc(-c5ccc(N(c6ccccc6)c6ccccc6)cc5)ccc4c3)c3ccc4cc(-c5ccc(N(c6ccccc6)c6ccccc6)cc5)ccc4c3)cc2)cc1. The third-order valence-corrected chi connectivity index (χ3v) is 13.4. The minimum Gasteiger partial charge on any atom is -0.311 e. The second-order valence-electron chi connectivity index (χ2n) is 17.8. The van der Waals surface area contributed by atoms with Crippen LogP contribution < -0.4 is 14.7 Å². The summed E-state index contributed by atoms with van der Waals surface area (Å²) in [5.41, 5.74) is 17.1. The molecule has 336 valence electrons. The lowest BCUT2D eigenvalue weighted by Crippen LogP contribution is -2.10. The number of anilines is 9. The molecule has 0 fully saturated rings. The fourth-order valence-electron chi connectivity index (χ4n) is 9.79. The minimum absolute atomic E-state index is 1.09. The summed E-state index contributed by atoms with van der Waals surface area (Å²) in [6, 6.07) is 107. The van der Waals surface area contributed by atoms with Crippen LogP contribution in [-0.4, -0.2) is 0 Å². The van der Waals surface area contributed by atoms with Gasteiger partial charge in [-0.15, -0.1) is 0 Å². The molecular weight excluding hydrogens is 859 g/mol. The quantitative estimate of drug-likeness (QED) is 0.121. The van der Waals surface area contributed by atoms with E-state index in [1.165, 1.54) is 54.9 Å². The standard InChI is InChI=1S/C68H49N3/c1-6-16-50(17-7-1)51-30-38-66(39-31-51)71(67-44-36-56-46-54(26-28-58(56)48-67)52-32-40-64(41-33-52)69(60-18-8-2-9-19-60)61-20-10-3-11-21-61)68-45-37-57-47-55(27-29-59(57)49-68)53-34-42-65(43-35-53)70(62-22-12-4-13-23-62)63-24-14-5-15-25-63/h1-49H. The molecule has 71 heavy (non-hydrogen) atoms. The van der Waals surface area contributed by atoms with Gasteiger partial charge in [-0.05, 0) is 176 Å². The molecule has 0 saturated heterocycles. The molecule has 0 aliphatic heterocycles. The number of nitrogens with zero attached hydrogens (tertiary/aromatic N) is 3. The Balaban J connectivity index is 0.856. The Kier molecular flexibility index (Phi) is 11.6. The number of rotatable bonds is 12. The fourth-order valence-corrected chi connectivity index (χ4v) is 9.79. The molecule has 3 nitrogen and oxygen atoms in total. The average molecular weight is 908 g/mol. The van der Waals surface area contributed by atoms with E-state index < -0.39 is 0 Å². The Morgan fingerprint density at radius 1 is 0.141 bits per heavy atom. The first-order valence-corrected chi connectivity index (χ1v) is 24.2. The molecular formula is C68H49N3. The Hall–Kier alpha value is -9.44. The van der Waals surface area contributed by atoms with E-state index in [1.54, 1.807) is 0 Å². The van der Waals surface area contributed by atoms with Crippen LogP contribution in [0.1, 0.15) is 0 Å². The number of para-hydroxylation sites is 4. The first kappa shape index (κ1) is 42.9. The molecule has 0 bridgehead atoms. The zero-order valence-corrected chi connectivity index (χ0v) is 39.1. The number of hydrogen-bond acceptors (Lipinski definition) is 3. The Bertz CT molecular complexity index is 3420. The van der Waals surface area contributed by atoms with Crippen molar-refractivity contribution in [1.29, 1.82) is 0 Å². The molecule has 0 atom stereocenters. The van der Waals surface area contributed by atoms with Crippen LogP contribution in [-0.2, 0) is 0 Å². The van der Waals surface area contributed by atoms with Crippen molar-refractivity contribution in [3.8, 4) is 33.4 Å². The van der Waals surface area contributed by atoms with Crippen LogP contribution in [0.2, 0.25) is 0 Å². The molecule has 0 saturated carbocycles. The van der Waals surface area contributed by atoms with Crippen LogP contribution in [0.15, 0.2) is 297 Å². The highest BCUT2D eigenvalue weighted by Crippen LogP contribution is 2.41. The second-order valence-corrected chi connectivity index (χ2v) is 17.8. The van der Waals surface area contributed by atoms with E-state index in [0.29, 0.717) is 0 Å². The summed E-state index contributed by atoms with van der Waals surface area (Å²) in [4.78, 5) is 6.97. The lowest BCUT2D eigenvalue weighted by Gasteiger charge is -2.26. The Labute approximate surface area is 416 Å². The van der Waals surface area contributed by atoms with E-state index in [0.717, 1.165) is 51.2 Å². The normalized spacial score (nSPS) is 11.1. The summed E-state index contributed by atoms with van der Waals surface area (Å²) in [6.07, 6.45) is 0. The summed E-state index contributed by atoms with van der Waals surface area (Å²) < 4.78 is 0. The molecule has 12 rings (SSSR count). The molecule has 0 N–H and O–H groups in total. The molecule has 0 radical (unpaired) electrons. The maximum absolute atomic E-state index is 2.38. The van der Waals surface area contributed by atoms with E-state index in [2.05, 4.69) is 312 Å². The van der Waals surface area contributed by atoms with Gasteiger partial charge >= 0.3 is 0 Å². The van der Waals surface area contributed by atoms with Gasteiger partial charge in [-0.2, -0.15) is 0 Å². The van der Waals surface area contributed by atoms with Gasteiger partial charge in [-0.1, -0.05) is 176 Å². The maximum atomic E-state index is 2.38. The van der Waals surface area contributed by atoms with E-state index in [-0.39, 0.29) is 0 Å². The lowest BCUT2D eigenvalue weighted by molar-refractivity contribution is 1.28. The topological polar surface area (TPSA) is 9.72 Å². The molecule has 0 aliphatic rings. The fraction of sp³-hybridized carbons (Fsp3) is 0. The van der Waals surface area contributed by atoms with Crippen LogP contribution in [0.3, 0.4) is 0 Å². The van der Waals surface area contributed by atoms with Crippen molar-refractivity contribution < 1.29 is 0 Å². The predicted octanol–water partition coefficient (Wildman–Crippen LogP) is 19.4. The van der Waals surface area contributed by atoms with Crippen molar-refractivity contribution in [3.63, 3.8) is 0 Å². The largest absolute Gasteiger partial charge is 0.311 e. The monoisotopic (exact) mass is 907 g/mol. The second kappa shape index (κ2) is 19.3. The van der Waals surface area contributed by atoms with Crippen LogP contribution in [0.4, 0.5) is 51.2 Å². The number of fused-ring (bicyclic) bond motifs is 2. The molecule has 12 aromatic carbocycles. The summed E-state index contributed by atoms with van der Waals surface area (Å²) in [7, 11) is 0. The Morgan fingerprint density at radius 2 is 0.352 bits per heavy atom. The Morgan fingerprint density at radius 3 is 0.690 bits per heavy atom. The molecule has 0 heterocycles. The third kappa shape index (κ3) is 8.92. The zero-order chi connectivity index (χ0) is 47.3. The van der Waals surface area contributed by atoms with Crippen molar-refractivity contribution in [1.82, 2.24) is 0 Å². The summed E-state index contributed by atoms with van der Waals surface area (Å²) in [5.74, 6) is 0. The van der Waals surface area contributed by atoms with Crippen molar-refractivity contribution in [2.24, 2.45) is 0 Å². The number of hydrogen-bond donors (Lipinski definition) is 0. The summed E-state index contributed by atoms with van der Waals surface area (Å²) in [6.45, 7) is 0. The molecule has 0 aliphatic carbocycles. The molecule has 0 unspecified atom stereocenters. The van der Waals surface area contributed by atoms with Crippen molar-refractivity contribution in [3.05, 3.63) is 297 Å². The van der Waals surface area contributed by atoms with E-state index in [9.17, 15) is 0 Å². The average Bonchev–Trinajstić information content (AvgIpc) is 3.45. The van der Waals surface area contributed by atoms with Crippen LogP contribution in [0.25, 0.3) is 54.9 Å². The lowest BCUT2D eigenvalue weighted by atomic mass is 9.99. The van der Waals surface area contributed by atoms with Gasteiger partial charge < -0.3 is 14.7 Å². The highest BCUT2D eigenvalue weighted by molar-refractivity contribution is 5.96. The molecule has 0 amide bonds. The molecule has 0 aromatic heterocycles.